The molecule has 0 spiro atoms. The Morgan fingerprint density at radius 3 is 3.06 bits per heavy atom. The van der Waals surface area contributed by atoms with Gasteiger partial charge in [-0.05, 0) is 18.2 Å². The summed E-state index contributed by atoms with van der Waals surface area (Å²) in [5, 5.41) is 17.3. The van der Waals surface area contributed by atoms with Crippen LogP contribution in [0.4, 0.5) is 0 Å². The molecule has 2 heterocycles. The number of aliphatic carboxylic acids is 1. The van der Waals surface area contributed by atoms with E-state index < -0.39 is 11.9 Å². The number of aryl methyl sites for hydroxylation is 1. The lowest BCUT2D eigenvalue weighted by Crippen LogP contribution is -2.12. The molecule has 1 unspecified atom stereocenters. The van der Waals surface area contributed by atoms with Gasteiger partial charge in [-0.25, -0.2) is 0 Å². The van der Waals surface area contributed by atoms with Crippen molar-refractivity contribution in [2.45, 2.75) is 5.92 Å². The molecular formula is C12H11N3O3. The predicted molar refractivity (Wildman–Crippen MR) is 62.3 cm³/mol. The average molecular weight is 245 g/mol. The number of nitrogens with zero attached hydrogens (tertiary/aromatic N) is 3. The highest BCUT2D eigenvalue weighted by atomic mass is 16.5. The fourth-order valence-corrected chi connectivity index (χ4v) is 2.06. The fraction of sp³-hybridized carbons (Fsp3) is 0.250. The number of hydrogen-bond donors (Lipinski definition) is 1. The van der Waals surface area contributed by atoms with Gasteiger partial charge in [-0.1, -0.05) is 0 Å². The van der Waals surface area contributed by atoms with Crippen molar-refractivity contribution in [2.75, 3.05) is 6.61 Å². The van der Waals surface area contributed by atoms with E-state index in [0.717, 1.165) is 11.3 Å². The third-order valence-electron chi connectivity index (χ3n) is 2.98. The van der Waals surface area contributed by atoms with Crippen LogP contribution < -0.4 is 4.74 Å². The summed E-state index contributed by atoms with van der Waals surface area (Å²) in [7, 11) is 1.74. The molecule has 6 heteroatoms. The van der Waals surface area contributed by atoms with E-state index in [1.54, 1.807) is 19.3 Å². The lowest BCUT2D eigenvalue weighted by molar-refractivity contribution is -0.138. The van der Waals surface area contributed by atoms with E-state index in [4.69, 9.17) is 9.84 Å². The molecule has 1 atom stereocenters. The molecule has 1 aliphatic rings. The van der Waals surface area contributed by atoms with Gasteiger partial charge in [-0.2, -0.15) is 15.0 Å². The third kappa shape index (κ3) is 1.62. The number of carboxylic acids is 1. The Kier molecular flexibility index (Phi) is 2.29. The second kappa shape index (κ2) is 3.83. The summed E-state index contributed by atoms with van der Waals surface area (Å²) in [6.07, 6.45) is 1.65. The number of rotatable bonds is 2. The highest BCUT2D eigenvalue weighted by Crippen LogP contribution is 2.36. The SMILES string of the molecule is Cn1ncc(-c2ccc3c(c2)C(C(=O)O)CO3)n1. The zero-order valence-corrected chi connectivity index (χ0v) is 9.70. The summed E-state index contributed by atoms with van der Waals surface area (Å²) < 4.78 is 5.35. The zero-order valence-electron chi connectivity index (χ0n) is 9.70. The van der Waals surface area contributed by atoms with E-state index in [2.05, 4.69) is 10.2 Å². The second-order valence-electron chi connectivity index (χ2n) is 4.17. The van der Waals surface area contributed by atoms with Crippen LogP contribution in [0.5, 0.6) is 5.75 Å². The van der Waals surface area contributed by atoms with Crippen molar-refractivity contribution >= 4 is 5.97 Å². The first-order chi connectivity index (χ1) is 8.65. The topological polar surface area (TPSA) is 77.2 Å². The first-order valence-corrected chi connectivity index (χ1v) is 5.51. The number of carboxylic acid groups (broad SMARTS) is 1. The molecule has 0 amide bonds. The number of carbonyl (C=O) groups is 1. The molecule has 1 aromatic heterocycles. The highest BCUT2D eigenvalue weighted by molar-refractivity contribution is 5.79. The number of aromatic nitrogens is 3. The van der Waals surface area contributed by atoms with Gasteiger partial charge < -0.3 is 9.84 Å². The van der Waals surface area contributed by atoms with Crippen molar-refractivity contribution in [3.63, 3.8) is 0 Å². The van der Waals surface area contributed by atoms with Gasteiger partial charge in [0.05, 0.1) is 6.20 Å². The van der Waals surface area contributed by atoms with Crippen molar-refractivity contribution in [3.8, 4) is 17.0 Å². The van der Waals surface area contributed by atoms with Gasteiger partial charge >= 0.3 is 5.97 Å². The Labute approximate surface area is 103 Å². The van der Waals surface area contributed by atoms with Gasteiger partial charge in [0.15, 0.2) is 0 Å². The van der Waals surface area contributed by atoms with Gasteiger partial charge in [-0.15, -0.1) is 0 Å². The number of ether oxygens (including phenoxy) is 1. The van der Waals surface area contributed by atoms with Crippen LogP contribution in [0.1, 0.15) is 11.5 Å². The minimum Gasteiger partial charge on any atom is -0.492 e. The first kappa shape index (κ1) is 10.8. The van der Waals surface area contributed by atoms with Crippen LogP contribution in [-0.4, -0.2) is 32.7 Å². The lowest BCUT2D eigenvalue weighted by atomic mass is 9.98. The van der Waals surface area contributed by atoms with E-state index >= 15 is 0 Å². The molecule has 1 aromatic carbocycles. The van der Waals surface area contributed by atoms with Crippen molar-refractivity contribution < 1.29 is 14.6 Å². The van der Waals surface area contributed by atoms with Gasteiger partial charge in [0.1, 0.15) is 24.0 Å². The zero-order chi connectivity index (χ0) is 12.7. The smallest absolute Gasteiger partial charge is 0.314 e. The Balaban J connectivity index is 2.05. The summed E-state index contributed by atoms with van der Waals surface area (Å²) in [4.78, 5) is 12.6. The lowest BCUT2D eigenvalue weighted by Gasteiger charge is -2.03. The molecule has 2 aromatic rings. The van der Waals surface area contributed by atoms with Crippen LogP contribution in [-0.2, 0) is 11.8 Å². The molecule has 18 heavy (non-hydrogen) atoms. The fourth-order valence-electron chi connectivity index (χ4n) is 2.06. The number of hydrogen-bond acceptors (Lipinski definition) is 4. The normalized spacial score (nSPS) is 17.3. The van der Waals surface area contributed by atoms with Crippen molar-refractivity contribution in [1.29, 1.82) is 0 Å². The Bertz CT molecular complexity index is 621. The Hall–Kier alpha value is -2.37. The number of benzene rings is 1. The molecule has 1 aliphatic heterocycles. The van der Waals surface area contributed by atoms with Crippen LogP contribution in [0.3, 0.4) is 0 Å². The van der Waals surface area contributed by atoms with Crippen molar-refractivity contribution in [2.24, 2.45) is 7.05 Å². The quantitative estimate of drug-likeness (QED) is 0.855. The largest absolute Gasteiger partial charge is 0.492 e. The van der Waals surface area contributed by atoms with Crippen LogP contribution in [0.15, 0.2) is 24.4 Å². The van der Waals surface area contributed by atoms with Crippen molar-refractivity contribution in [3.05, 3.63) is 30.0 Å². The molecule has 0 saturated carbocycles. The summed E-state index contributed by atoms with van der Waals surface area (Å²) in [6.45, 7) is 0.189. The maximum absolute atomic E-state index is 11.1. The standard InChI is InChI=1S/C12H11N3O3/c1-15-13-5-10(14-15)7-2-3-11-8(4-7)9(6-18-11)12(16)17/h2-5,9H,6H2,1H3,(H,16,17). The second-order valence-corrected chi connectivity index (χ2v) is 4.17. The predicted octanol–water partition coefficient (Wildman–Crippen LogP) is 1.04. The van der Waals surface area contributed by atoms with E-state index in [1.165, 1.54) is 4.80 Å². The monoisotopic (exact) mass is 245 g/mol. The van der Waals surface area contributed by atoms with E-state index in [1.807, 2.05) is 12.1 Å². The first-order valence-electron chi connectivity index (χ1n) is 5.51. The third-order valence-corrected chi connectivity index (χ3v) is 2.98. The van der Waals surface area contributed by atoms with Gasteiger partial charge in [0.25, 0.3) is 0 Å². The maximum atomic E-state index is 11.1. The maximum Gasteiger partial charge on any atom is 0.314 e. The van der Waals surface area contributed by atoms with Crippen LogP contribution >= 0.6 is 0 Å². The van der Waals surface area contributed by atoms with E-state index in [0.29, 0.717) is 11.3 Å². The number of fused-ring (bicyclic) bond motifs is 1. The van der Waals surface area contributed by atoms with Crippen LogP contribution in [0.2, 0.25) is 0 Å². The average Bonchev–Trinajstić information content (AvgIpc) is 2.93. The molecule has 0 aliphatic carbocycles. The Morgan fingerprint density at radius 2 is 2.39 bits per heavy atom. The summed E-state index contributed by atoms with van der Waals surface area (Å²) in [6, 6.07) is 5.44. The van der Waals surface area contributed by atoms with E-state index in [9.17, 15) is 4.79 Å². The molecule has 92 valence electrons. The van der Waals surface area contributed by atoms with E-state index in [-0.39, 0.29) is 6.61 Å². The van der Waals surface area contributed by atoms with Crippen LogP contribution in [0, 0.1) is 0 Å². The molecular weight excluding hydrogens is 234 g/mol. The molecule has 1 N–H and O–H groups in total. The molecule has 0 bridgehead atoms. The molecule has 3 rings (SSSR count). The van der Waals surface area contributed by atoms with Gasteiger partial charge in [0, 0.05) is 18.2 Å². The molecule has 6 nitrogen and oxygen atoms in total. The molecule has 0 fully saturated rings. The summed E-state index contributed by atoms with van der Waals surface area (Å²) in [5.41, 5.74) is 2.26. The minimum absolute atomic E-state index is 0.189. The highest BCUT2D eigenvalue weighted by Gasteiger charge is 2.30. The molecule has 0 radical (unpaired) electrons. The van der Waals surface area contributed by atoms with Gasteiger partial charge in [0.2, 0.25) is 0 Å². The van der Waals surface area contributed by atoms with Gasteiger partial charge in [-0.3, -0.25) is 4.79 Å². The summed E-state index contributed by atoms with van der Waals surface area (Å²) in [5.74, 6) is -0.836. The minimum atomic E-state index is -0.870. The molecule has 0 saturated heterocycles. The summed E-state index contributed by atoms with van der Waals surface area (Å²) >= 11 is 0. The Morgan fingerprint density at radius 1 is 1.56 bits per heavy atom. The van der Waals surface area contributed by atoms with Crippen molar-refractivity contribution in [1.82, 2.24) is 15.0 Å². The van der Waals surface area contributed by atoms with Crippen LogP contribution in [0.25, 0.3) is 11.3 Å².